The molecule has 0 spiro atoms. The van der Waals surface area contributed by atoms with Crippen molar-refractivity contribution in [2.45, 2.75) is 64.8 Å². The monoisotopic (exact) mass is 334 g/mol. The average molecular weight is 335 g/mol. The second kappa shape index (κ2) is 7.80. The summed E-state index contributed by atoms with van der Waals surface area (Å²) in [6.45, 7) is 8.03. The topological polar surface area (TPSA) is 32.3 Å². The van der Waals surface area contributed by atoms with Gasteiger partial charge in [-0.15, -0.1) is 11.3 Å². The van der Waals surface area contributed by atoms with Gasteiger partial charge in [0.05, 0.1) is 5.56 Å². The first-order chi connectivity index (χ1) is 11.2. The Kier molecular flexibility index (Phi) is 5.76. The van der Waals surface area contributed by atoms with E-state index in [9.17, 15) is 4.79 Å². The SMILES string of the molecule is CCCCN1CCC(NC(=O)c2csc3c2CCC(C)C3)CC1. The molecule has 4 heteroatoms. The van der Waals surface area contributed by atoms with Gasteiger partial charge in [-0.3, -0.25) is 4.79 Å². The van der Waals surface area contributed by atoms with Crippen molar-refractivity contribution in [2.24, 2.45) is 5.92 Å². The standard InChI is InChI=1S/C19H30N2OS/c1-3-4-9-21-10-7-15(8-11-21)20-19(22)17-13-23-18-12-14(2)5-6-16(17)18/h13-15H,3-12H2,1-2H3,(H,20,22). The van der Waals surface area contributed by atoms with E-state index >= 15 is 0 Å². The molecule has 128 valence electrons. The molecule has 1 aliphatic heterocycles. The van der Waals surface area contributed by atoms with Crippen molar-refractivity contribution in [3.8, 4) is 0 Å². The molecule has 0 bridgehead atoms. The number of piperidine rings is 1. The second-order valence-corrected chi connectivity index (χ2v) is 8.31. The number of nitrogens with zero attached hydrogens (tertiary/aromatic N) is 1. The van der Waals surface area contributed by atoms with Crippen LogP contribution in [0.1, 0.15) is 66.8 Å². The van der Waals surface area contributed by atoms with Crippen molar-refractivity contribution in [1.82, 2.24) is 10.2 Å². The molecule has 0 aromatic carbocycles. The van der Waals surface area contributed by atoms with Crippen molar-refractivity contribution in [3.63, 3.8) is 0 Å². The number of unbranched alkanes of at least 4 members (excludes halogenated alkanes) is 1. The number of amides is 1. The molecular formula is C19H30N2OS. The van der Waals surface area contributed by atoms with Gasteiger partial charge < -0.3 is 10.2 Å². The summed E-state index contributed by atoms with van der Waals surface area (Å²) >= 11 is 1.79. The van der Waals surface area contributed by atoms with Crippen LogP contribution in [0.4, 0.5) is 0 Å². The molecular weight excluding hydrogens is 304 g/mol. The van der Waals surface area contributed by atoms with Crippen LogP contribution >= 0.6 is 11.3 Å². The Balaban J connectivity index is 1.53. The fraction of sp³-hybridized carbons (Fsp3) is 0.737. The molecule has 1 atom stereocenters. The van der Waals surface area contributed by atoms with Crippen LogP contribution in [0.5, 0.6) is 0 Å². The fourth-order valence-electron chi connectivity index (χ4n) is 3.81. The van der Waals surface area contributed by atoms with Crippen molar-refractivity contribution < 1.29 is 4.79 Å². The number of fused-ring (bicyclic) bond motifs is 1. The highest BCUT2D eigenvalue weighted by molar-refractivity contribution is 7.10. The van der Waals surface area contributed by atoms with Gasteiger partial charge in [0.1, 0.15) is 0 Å². The van der Waals surface area contributed by atoms with Gasteiger partial charge in [0.15, 0.2) is 0 Å². The van der Waals surface area contributed by atoms with Crippen molar-refractivity contribution >= 4 is 17.2 Å². The predicted molar refractivity (Wildman–Crippen MR) is 97.3 cm³/mol. The summed E-state index contributed by atoms with van der Waals surface area (Å²) in [7, 11) is 0. The van der Waals surface area contributed by atoms with Crippen LogP contribution in [0.2, 0.25) is 0 Å². The Labute approximate surface area is 144 Å². The van der Waals surface area contributed by atoms with Gasteiger partial charge in [0.25, 0.3) is 5.91 Å². The molecule has 1 aliphatic carbocycles. The van der Waals surface area contributed by atoms with Crippen LogP contribution < -0.4 is 5.32 Å². The summed E-state index contributed by atoms with van der Waals surface area (Å²) in [6, 6.07) is 0.360. The molecule has 1 amide bonds. The number of thiophene rings is 1. The Morgan fingerprint density at radius 3 is 2.87 bits per heavy atom. The zero-order valence-corrected chi connectivity index (χ0v) is 15.4. The zero-order valence-electron chi connectivity index (χ0n) is 14.6. The van der Waals surface area contributed by atoms with E-state index in [1.165, 1.54) is 36.2 Å². The van der Waals surface area contributed by atoms with Crippen molar-refractivity contribution in [3.05, 3.63) is 21.4 Å². The van der Waals surface area contributed by atoms with Crippen LogP contribution in [0.25, 0.3) is 0 Å². The molecule has 3 nitrogen and oxygen atoms in total. The van der Waals surface area contributed by atoms with Gasteiger partial charge in [-0.2, -0.15) is 0 Å². The van der Waals surface area contributed by atoms with Gasteiger partial charge >= 0.3 is 0 Å². The summed E-state index contributed by atoms with van der Waals surface area (Å²) < 4.78 is 0. The first kappa shape index (κ1) is 17.0. The molecule has 0 radical (unpaired) electrons. The molecule has 1 saturated heterocycles. The van der Waals surface area contributed by atoms with E-state index < -0.39 is 0 Å². The van der Waals surface area contributed by atoms with Crippen LogP contribution in [-0.2, 0) is 12.8 Å². The number of carbonyl (C=O) groups excluding carboxylic acids is 1. The average Bonchev–Trinajstić information content (AvgIpc) is 2.97. The van der Waals surface area contributed by atoms with Gasteiger partial charge in [0.2, 0.25) is 0 Å². The Hall–Kier alpha value is -0.870. The molecule has 2 heterocycles. The maximum absolute atomic E-state index is 12.7. The molecule has 1 unspecified atom stereocenters. The lowest BCUT2D eigenvalue weighted by Crippen LogP contribution is -2.45. The summed E-state index contributed by atoms with van der Waals surface area (Å²) in [5, 5.41) is 5.39. The largest absolute Gasteiger partial charge is 0.349 e. The van der Waals surface area contributed by atoms with Crippen LogP contribution in [-0.4, -0.2) is 36.5 Å². The lowest BCUT2D eigenvalue weighted by Gasteiger charge is -2.32. The number of rotatable bonds is 5. The summed E-state index contributed by atoms with van der Waals surface area (Å²) in [4.78, 5) is 16.7. The first-order valence-electron chi connectivity index (χ1n) is 9.29. The van der Waals surface area contributed by atoms with Crippen LogP contribution in [0.15, 0.2) is 5.38 Å². The highest BCUT2D eigenvalue weighted by atomic mass is 32.1. The Morgan fingerprint density at radius 2 is 2.13 bits per heavy atom. The second-order valence-electron chi connectivity index (χ2n) is 7.34. The minimum absolute atomic E-state index is 0.170. The van der Waals surface area contributed by atoms with Gasteiger partial charge in [-0.05, 0) is 56.6 Å². The Bertz CT molecular complexity index is 531. The van der Waals surface area contributed by atoms with Crippen molar-refractivity contribution in [1.29, 1.82) is 0 Å². The maximum Gasteiger partial charge on any atom is 0.252 e. The lowest BCUT2D eigenvalue weighted by atomic mass is 9.88. The summed E-state index contributed by atoms with van der Waals surface area (Å²) in [5.74, 6) is 0.938. The van der Waals surface area contributed by atoms with Crippen LogP contribution in [0.3, 0.4) is 0 Å². The molecule has 1 aromatic rings. The van der Waals surface area contributed by atoms with E-state index in [1.807, 2.05) is 0 Å². The van der Waals surface area contributed by atoms with E-state index in [0.717, 1.165) is 50.3 Å². The van der Waals surface area contributed by atoms with Gasteiger partial charge in [0, 0.05) is 29.4 Å². The highest BCUT2D eigenvalue weighted by Gasteiger charge is 2.25. The maximum atomic E-state index is 12.7. The van der Waals surface area contributed by atoms with E-state index in [4.69, 9.17) is 0 Å². The number of hydrogen-bond acceptors (Lipinski definition) is 3. The van der Waals surface area contributed by atoms with E-state index in [1.54, 1.807) is 11.3 Å². The molecule has 23 heavy (non-hydrogen) atoms. The molecule has 0 saturated carbocycles. The normalized spacial score (nSPS) is 22.8. The molecule has 1 aromatic heterocycles. The number of carbonyl (C=O) groups is 1. The van der Waals surface area contributed by atoms with E-state index in [-0.39, 0.29) is 5.91 Å². The van der Waals surface area contributed by atoms with Crippen molar-refractivity contribution in [2.75, 3.05) is 19.6 Å². The molecule has 1 fully saturated rings. The zero-order chi connectivity index (χ0) is 16.2. The third kappa shape index (κ3) is 4.16. The minimum Gasteiger partial charge on any atom is -0.349 e. The number of hydrogen-bond donors (Lipinski definition) is 1. The van der Waals surface area contributed by atoms with Gasteiger partial charge in [-0.25, -0.2) is 0 Å². The third-order valence-corrected chi connectivity index (χ3v) is 6.45. The molecule has 3 rings (SSSR count). The minimum atomic E-state index is 0.170. The molecule has 1 N–H and O–H groups in total. The highest BCUT2D eigenvalue weighted by Crippen LogP contribution is 2.32. The summed E-state index contributed by atoms with van der Waals surface area (Å²) in [6.07, 6.45) is 8.20. The lowest BCUT2D eigenvalue weighted by molar-refractivity contribution is 0.0910. The fourth-order valence-corrected chi connectivity index (χ4v) is 5.06. The third-order valence-electron chi connectivity index (χ3n) is 5.40. The number of nitrogens with one attached hydrogen (secondary N) is 1. The quantitative estimate of drug-likeness (QED) is 0.886. The summed E-state index contributed by atoms with van der Waals surface area (Å²) in [5.41, 5.74) is 2.30. The number of likely N-dealkylation sites (tertiary alicyclic amines) is 1. The molecule has 2 aliphatic rings. The first-order valence-corrected chi connectivity index (χ1v) is 10.2. The van der Waals surface area contributed by atoms with E-state index in [2.05, 4.69) is 29.4 Å². The Morgan fingerprint density at radius 1 is 1.35 bits per heavy atom. The smallest absolute Gasteiger partial charge is 0.252 e. The van der Waals surface area contributed by atoms with Crippen LogP contribution in [0, 0.1) is 5.92 Å². The van der Waals surface area contributed by atoms with Gasteiger partial charge in [-0.1, -0.05) is 20.3 Å². The van der Waals surface area contributed by atoms with E-state index in [0.29, 0.717) is 6.04 Å². The predicted octanol–water partition coefficient (Wildman–Crippen LogP) is 3.87.